The molecule has 0 aliphatic carbocycles. The van der Waals surface area contributed by atoms with Gasteiger partial charge in [-0.25, -0.2) is 0 Å². The van der Waals surface area contributed by atoms with Gasteiger partial charge in [0.1, 0.15) is 10.9 Å². The fourth-order valence-electron chi connectivity index (χ4n) is 4.53. The summed E-state index contributed by atoms with van der Waals surface area (Å²) in [6.07, 6.45) is 1.44. The Labute approximate surface area is 275 Å². The number of aryl methyl sites for hydroxylation is 1. The second-order valence-electron chi connectivity index (χ2n) is 10.5. The predicted molar refractivity (Wildman–Crippen MR) is 185 cm³/mol. The molecule has 0 aliphatic heterocycles. The highest BCUT2D eigenvalue weighted by molar-refractivity contribution is 8.00. The Hall–Kier alpha value is -6.00. The lowest BCUT2D eigenvalue weighted by Gasteiger charge is -2.18. The van der Waals surface area contributed by atoms with Crippen molar-refractivity contribution in [3.05, 3.63) is 172 Å². The lowest BCUT2D eigenvalue weighted by Crippen LogP contribution is -2.30. The van der Waals surface area contributed by atoms with Gasteiger partial charge in [-0.2, -0.15) is 0 Å². The molecule has 1 atom stereocenters. The third kappa shape index (κ3) is 9.03. The molecule has 0 radical (unpaired) electrons. The van der Waals surface area contributed by atoms with Crippen LogP contribution in [0.15, 0.2) is 144 Å². The predicted octanol–water partition coefficient (Wildman–Crippen LogP) is 7.78. The van der Waals surface area contributed by atoms with Gasteiger partial charge in [0.05, 0.1) is 4.92 Å². The number of hydrogen-bond donors (Lipinski definition) is 3. The molecule has 10 heteroatoms. The van der Waals surface area contributed by atoms with Crippen molar-refractivity contribution < 1.29 is 19.3 Å². The van der Waals surface area contributed by atoms with Crippen molar-refractivity contribution in [1.82, 2.24) is 5.32 Å². The number of nitrogens with zero attached hydrogens (tertiary/aromatic N) is 1. The van der Waals surface area contributed by atoms with Crippen molar-refractivity contribution in [2.24, 2.45) is 0 Å². The van der Waals surface area contributed by atoms with Crippen LogP contribution in [0.1, 0.15) is 32.3 Å². The Balaban J connectivity index is 1.38. The van der Waals surface area contributed by atoms with Crippen LogP contribution in [0.2, 0.25) is 0 Å². The molecule has 0 bridgehead atoms. The molecule has 1 unspecified atom stereocenters. The van der Waals surface area contributed by atoms with E-state index in [2.05, 4.69) is 16.0 Å². The zero-order chi connectivity index (χ0) is 33.2. The molecule has 0 spiro atoms. The van der Waals surface area contributed by atoms with Gasteiger partial charge in [-0.15, -0.1) is 11.8 Å². The van der Waals surface area contributed by atoms with Crippen LogP contribution in [0.25, 0.3) is 6.08 Å². The Bertz CT molecular complexity index is 1910. The van der Waals surface area contributed by atoms with Gasteiger partial charge in [0.25, 0.3) is 17.5 Å². The van der Waals surface area contributed by atoms with Gasteiger partial charge in [-0.1, -0.05) is 72.3 Å². The average molecular weight is 643 g/mol. The Morgan fingerprint density at radius 3 is 2.06 bits per heavy atom. The summed E-state index contributed by atoms with van der Waals surface area (Å²) in [5, 5.41) is 19.0. The van der Waals surface area contributed by atoms with Crippen LogP contribution in [0.5, 0.6) is 0 Å². The maximum atomic E-state index is 13.6. The van der Waals surface area contributed by atoms with Gasteiger partial charge in [-0.3, -0.25) is 24.5 Å². The first-order valence-electron chi connectivity index (χ1n) is 14.6. The quantitative estimate of drug-likeness (QED) is 0.0584. The van der Waals surface area contributed by atoms with Crippen LogP contribution >= 0.6 is 11.8 Å². The summed E-state index contributed by atoms with van der Waals surface area (Å²) >= 11 is 1.33. The van der Waals surface area contributed by atoms with Crippen LogP contribution in [-0.4, -0.2) is 22.6 Å². The van der Waals surface area contributed by atoms with Crippen molar-refractivity contribution in [2.45, 2.75) is 17.1 Å². The van der Waals surface area contributed by atoms with E-state index in [9.17, 15) is 24.5 Å². The smallest absolute Gasteiger partial charge is 0.272 e. The van der Waals surface area contributed by atoms with Crippen molar-refractivity contribution in [3.63, 3.8) is 0 Å². The highest BCUT2D eigenvalue weighted by Gasteiger charge is 2.23. The zero-order valence-electron chi connectivity index (χ0n) is 25.3. The van der Waals surface area contributed by atoms with E-state index < -0.39 is 22.0 Å². The molecule has 5 aromatic carbocycles. The topological polar surface area (TPSA) is 130 Å². The van der Waals surface area contributed by atoms with Gasteiger partial charge in [0.15, 0.2) is 0 Å². The van der Waals surface area contributed by atoms with Crippen LogP contribution in [0.3, 0.4) is 0 Å². The first kappa shape index (κ1) is 32.4. The number of rotatable bonds is 11. The summed E-state index contributed by atoms with van der Waals surface area (Å²) in [5.41, 5.74) is 3.69. The highest BCUT2D eigenvalue weighted by atomic mass is 32.2. The van der Waals surface area contributed by atoms with E-state index in [-0.39, 0.29) is 17.3 Å². The van der Waals surface area contributed by atoms with Gasteiger partial charge in [-0.05, 0) is 78.7 Å². The molecule has 5 aromatic rings. The number of benzene rings is 5. The molecule has 47 heavy (non-hydrogen) atoms. The minimum Gasteiger partial charge on any atom is -0.325 e. The van der Waals surface area contributed by atoms with Gasteiger partial charge >= 0.3 is 0 Å². The number of non-ortho nitro benzene ring substituents is 1. The molecule has 9 nitrogen and oxygen atoms in total. The lowest BCUT2D eigenvalue weighted by molar-refractivity contribution is -0.384. The zero-order valence-corrected chi connectivity index (χ0v) is 26.1. The number of hydrogen-bond acceptors (Lipinski definition) is 6. The molecular weight excluding hydrogens is 612 g/mol. The second-order valence-corrected chi connectivity index (χ2v) is 11.7. The van der Waals surface area contributed by atoms with Crippen molar-refractivity contribution >= 4 is 52.6 Å². The highest BCUT2D eigenvalue weighted by Crippen LogP contribution is 2.37. The van der Waals surface area contributed by atoms with Crippen LogP contribution in [0, 0.1) is 17.0 Å². The maximum absolute atomic E-state index is 13.6. The summed E-state index contributed by atoms with van der Waals surface area (Å²) in [4.78, 5) is 51.4. The fraction of sp³-hybridized carbons (Fsp3) is 0.0541. The molecule has 234 valence electrons. The maximum Gasteiger partial charge on any atom is 0.272 e. The number of nitro benzene ring substituents is 1. The monoisotopic (exact) mass is 642 g/mol. The standard InChI is InChI=1S/C37H30N4O5S/c1-25-15-19-29(20-16-25)38-37(44)34(27-9-4-2-5-10-27)47-32-14-8-13-30(24-32)39-36(43)33(40-35(42)28-11-6-3-7-12-28)23-26-17-21-31(22-18-26)41(45)46/h2-24,34H,1H3,(H,38,44)(H,39,43)(H,40,42)/b33-23+. The molecule has 3 amide bonds. The summed E-state index contributed by atoms with van der Waals surface area (Å²) in [6, 6.07) is 38.1. The Morgan fingerprint density at radius 1 is 0.745 bits per heavy atom. The number of nitro groups is 1. The van der Waals surface area contributed by atoms with Crippen molar-refractivity contribution in [1.29, 1.82) is 0 Å². The first-order chi connectivity index (χ1) is 22.7. The third-order valence-electron chi connectivity index (χ3n) is 6.95. The van der Waals surface area contributed by atoms with Gasteiger partial charge in [0.2, 0.25) is 5.91 Å². The largest absolute Gasteiger partial charge is 0.325 e. The number of carbonyl (C=O) groups excluding carboxylic acids is 3. The number of carbonyl (C=O) groups is 3. The lowest BCUT2D eigenvalue weighted by atomic mass is 10.1. The normalized spacial score (nSPS) is 11.6. The van der Waals surface area contributed by atoms with E-state index in [1.54, 1.807) is 48.5 Å². The number of amides is 3. The number of nitrogens with one attached hydrogen (secondary N) is 3. The van der Waals surface area contributed by atoms with E-state index in [1.165, 1.54) is 42.1 Å². The van der Waals surface area contributed by atoms with E-state index in [0.29, 0.717) is 22.5 Å². The third-order valence-corrected chi connectivity index (χ3v) is 8.20. The van der Waals surface area contributed by atoms with Gasteiger partial charge in [0, 0.05) is 34.0 Å². The minimum absolute atomic E-state index is 0.0644. The fourth-order valence-corrected chi connectivity index (χ4v) is 5.61. The van der Waals surface area contributed by atoms with Crippen LogP contribution < -0.4 is 16.0 Å². The van der Waals surface area contributed by atoms with Crippen molar-refractivity contribution in [2.75, 3.05) is 10.6 Å². The second kappa shape index (κ2) is 15.3. The molecule has 5 rings (SSSR count). The van der Waals surface area contributed by atoms with E-state index in [4.69, 9.17) is 0 Å². The summed E-state index contributed by atoms with van der Waals surface area (Å²) in [7, 11) is 0. The summed E-state index contributed by atoms with van der Waals surface area (Å²) in [6.45, 7) is 1.98. The van der Waals surface area contributed by atoms with Gasteiger partial charge < -0.3 is 16.0 Å². The van der Waals surface area contributed by atoms with E-state index >= 15 is 0 Å². The average Bonchev–Trinajstić information content (AvgIpc) is 3.09. The van der Waals surface area contributed by atoms with Crippen LogP contribution in [0.4, 0.5) is 17.1 Å². The SMILES string of the molecule is Cc1ccc(NC(=O)C(Sc2cccc(NC(=O)/C(=C\c3ccc([N+](=O)[O-])cc3)NC(=O)c3ccccc3)c2)c2ccccc2)cc1. The molecule has 0 heterocycles. The van der Waals surface area contributed by atoms with Crippen molar-refractivity contribution in [3.8, 4) is 0 Å². The Morgan fingerprint density at radius 2 is 1.40 bits per heavy atom. The van der Waals surface area contributed by atoms with E-state index in [1.807, 2.05) is 67.6 Å². The molecule has 0 aromatic heterocycles. The molecular formula is C37H30N4O5S. The molecule has 3 N–H and O–H groups in total. The van der Waals surface area contributed by atoms with Crippen LogP contribution in [-0.2, 0) is 9.59 Å². The molecule has 0 aliphatic rings. The first-order valence-corrected chi connectivity index (χ1v) is 15.5. The summed E-state index contributed by atoms with van der Waals surface area (Å²) in [5.74, 6) is -1.30. The Kier molecular flexibility index (Phi) is 10.6. The molecule has 0 saturated carbocycles. The van der Waals surface area contributed by atoms with E-state index in [0.717, 1.165) is 16.0 Å². The summed E-state index contributed by atoms with van der Waals surface area (Å²) < 4.78 is 0. The number of anilines is 2. The molecule has 0 saturated heterocycles. The minimum atomic E-state index is -0.605. The molecule has 0 fully saturated rings. The number of thioether (sulfide) groups is 1.